The summed E-state index contributed by atoms with van der Waals surface area (Å²) in [6.07, 6.45) is -4.05. The van der Waals surface area contributed by atoms with Crippen LogP contribution in [0.1, 0.15) is 124 Å². The van der Waals surface area contributed by atoms with Crippen molar-refractivity contribution >= 4 is 35.2 Å². The third kappa shape index (κ3) is 41.1. The monoisotopic (exact) mass is 845 g/mol. The molecule has 0 aliphatic rings. The second kappa shape index (κ2) is 39.4. The Labute approximate surface area is 348 Å². The van der Waals surface area contributed by atoms with Crippen molar-refractivity contribution < 1.29 is 69.6 Å². The second-order valence-corrected chi connectivity index (χ2v) is 15.0. The molecule has 0 aromatic heterocycles. The van der Waals surface area contributed by atoms with Gasteiger partial charge in [-0.2, -0.15) is 0 Å². The summed E-state index contributed by atoms with van der Waals surface area (Å²) < 4.78 is 0. The predicted octanol–water partition coefficient (Wildman–Crippen LogP) is 0.177. The first-order valence-corrected chi connectivity index (χ1v) is 19.7. The Bertz CT molecular complexity index is 1050. The molecule has 348 valence electrons. The maximum Gasteiger partial charge on any atom is 0.287 e. The minimum absolute atomic E-state index is 0. The number of rotatable bonds is 20. The van der Waals surface area contributed by atoms with Crippen molar-refractivity contribution in [1.29, 1.82) is 0 Å². The zero-order valence-corrected chi connectivity index (χ0v) is 36.9. The molecule has 0 spiro atoms. The average molecular weight is 845 g/mol. The van der Waals surface area contributed by atoms with Crippen molar-refractivity contribution in [2.75, 3.05) is 26.2 Å². The smallest absolute Gasteiger partial charge is 0.287 e. The van der Waals surface area contributed by atoms with Crippen LogP contribution in [0, 0.1) is 29.6 Å². The van der Waals surface area contributed by atoms with Crippen LogP contribution in [-0.2, 0) is 28.8 Å². The molecule has 0 aliphatic heterocycles. The van der Waals surface area contributed by atoms with Crippen LogP contribution in [0.5, 0.6) is 0 Å². The summed E-state index contributed by atoms with van der Waals surface area (Å²) in [6, 6.07) is 0. The summed E-state index contributed by atoms with van der Waals surface area (Å²) in [6.45, 7) is 24.8. The van der Waals surface area contributed by atoms with E-state index in [1.807, 2.05) is 27.7 Å². The predicted molar refractivity (Wildman–Crippen MR) is 224 cm³/mol. The van der Waals surface area contributed by atoms with Gasteiger partial charge >= 0.3 is 0 Å². The lowest BCUT2D eigenvalue weighted by Gasteiger charge is -2.15. The van der Waals surface area contributed by atoms with Gasteiger partial charge in [0.25, 0.3) is 5.91 Å². The highest BCUT2D eigenvalue weighted by molar-refractivity contribution is 6.36. The summed E-state index contributed by atoms with van der Waals surface area (Å²) in [5.74, 6) is -2.76. The van der Waals surface area contributed by atoms with Gasteiger partial charge in [0.05, 0.1) is 24.9 Å². The number of ketones is 2. The maximum absolute atomic E-state index is 11.1. The highest BCUT2D eigenvalue weighted by Crippen LogP contribution is 2.02. The third-order valence-electron chi connectivity index (χ3n) is 7.52. The van der Waals surface area contributed by atoms with Crippen molar-refractivity contribution in [3.8, 4) is 0 Å². The van der Waals surface area contributed by atoms with Gasteiger partial charge in [0, 0.05) is 31.5 Å². The van der Waals surface area contributed by atoms with E-state index < -0.39 is 66.4 Å². The van der Waals surface area contributed by atoms with Crippen LogP contribution in [-0.4, -0.2) is 145 Å². The van der Waals surface area contributed by atoms with E-state index in [1.165, 1.54) is 6.92 Å². The van der Waals surface area contributed by atoms with Crippen molar-refractivity contribution in [2.45, 2.75) is 167 Å². The van der Waals surface area contributed by atoms with E-state index in [4.69, 9.17) is 30.6 Å². The van der Waals surface area contributed by atoms with E-state index in [9.17, 15) is 39.0 Å². The van der Waals surface area contributed by atoms with E-state index in [2.05, 4.69) is 21.3 Å². The maximum atomic E-state index is 11.1. The highest BCUT2D eigenvalue weighted by atomic mass is 16.5. The lowest BCUT2D eigenvalue weighted by Crippen LogP contribution is -2.41. The van der Waals surface area contributed by atoms with E-state index in [1.54, 1.807) is 62.3 Å². The van der Waals surface area contributed by atoms with Gasteiger partial charge in [-0.1, -0.05) is 97.4 Å². The Kier molecular flexibility index (Phi) is 45.3. The Hall–Kier alpha value is -3.10. The van der Waals surface area contributed by atoms with Crippen LogP contribution < -0.4 is 21.3 Å². The number of nitrogens with one attached hydrogen (secondary N) is 4. The van der Waals surface area contributed by atoms with Gasteiger partial charge in [-0.3, -0.25) is 28.8 Å². The molecule has 18 heteroatoms. The zero-order valence-electron chi connectivity index (χ0n) is 36.9. The molecule has 58 heavy (non-hydrogen) atoms. The molecule has 18 nitrogen and oxygen atoms in total. The van der Waals surface area contributed by atoms with Gasteiger partial charge in [-0.05, 0) is 43.9 Å². The molecule has 0 heterocycles. The largest absolute Gasteiger partial charge is 0.391 e. The number of carbonyl (C=O) groups is 6. The van der Waals surface area contributed by atoms with Crippen LogP contribution in [0.4, 0.5) is 0 Å². The number of Topliss-reactive ketones (excluding diaryl/α,β-unsaturated/α-hetero) is 2. The molecule has 2 unspecified atom stereocenters. The molecule has 0 saturated carbocycles. The van der Waals surface area contributed by atoms with Crippen molar-refractivity contribution in [1.82, 2.24) is 21.3 Å². The summed E-state index contributed by atoms with van der Waals surface area (Å²) in [5, 5.41) is 81.1. The average Bonchev–Trinajstić information content (AvgIpc) is 3.15. The van der Waals surface area contributed by atoms with Gasteiger partial charge < -0.3 is 62.1 Å². The Morgan fingerprint density at radius 1 is 0.431 bits per heavy atom. The molecule has 0 aromatic rings. The number of aliphatic hydroxyl groups is 8. The molecule has 0 aliphatic carbocycles. The third-order valence-corrected chi connectivity index (χ3v) is 7.52. The van der Waals surface area contributed by atoms with E-state index >= 15 is 0 Å². The summed E-state index contributed by atoms with van der Waals surface area (Å²) >= 11 is 0. The standard InChI is InChI=1S/2C9H19NO3.C9H17NO3.C6H13NO3.C6H12O2.CH4/c3*1-4-7(11)5-10-9(13)8(12)6(2)3;1-4(2)6(10)7-3-5(8)9;1-4(2)6(8)5(3)7;/h2*6-8,11-12H,4-5H2,1-3H3,(H,10,13);6-7,11H,4-5H2,1-3H3,(H,10,13);4-5,8-9H,3H2,1-2H3,(H,7,10);4,6,8H,1-3H3;1H4/t7?,8-;7-,8?;7-;;6-;/m100.1./s1. The molecule has 12 N–H and O–H groups in total. The first-order chi connectivity index (χ1) is 26.0. The van der Waals surface area contributed by atoms with Crippen LogP contribution in [0.25, 0.3) is 0 Å². The number of carbonyl (C=O) groups excluding carboxylic acids is 6. The minimum atomic E-state index is -1.46. The molecule has 0 bridgehead atoms. The number of hydrogen-bond acceptors (Lipinski definition) is 14. The fourth-order valence-electron chi connectivity index (χ4n) is 3.11. The fraction of sp³-hybridized carbons (Fsp3) is 0.850. The van der Waals surface area contributed by atoms with E-state index in [0.29, 0.717) is 19.3 Å². The van der Waals surface area contributed by atoms with Crippen LogP contribution in [0.3, 0.4) is 0 Å². The Morgan fingerprint density at radius 3 is 0.931 bits per heavy atom. The molecule has 0 rings (SSSR count). The quantitative estimate of drug-likeness (QED) is 0.0575. The van der Waals surface area contributed by atoms with Crippen LogP contribution in [0.2, 0.25) is 0 Å². The number of amides is 4. The van der Waals surface area contributed by atoms with Crippen LogP contribution >= 0.6 is 0 Å². The van der Waals surface area contributed by atoms with Crippen molar-refractivity contribution in [3.63, 3.8) is 0 Å². The van der Waals surface area contributed by atoms with Crippen molar-refractivity contribution in [3.05, 3.63) is 0 Å². The summed E-state index contributed by atoms with van der Waals surface area (Å²) in [5.41, 5.74) is 0. The normalized spacial score (nSPS) is 13.6. The van der Waals surface area contributed by atoms with Crippen LogP contribution in [0.15, 0.2) is 0 Å². The molecular formula is C40H84N4O14. The number of hydrogen-bond donors (Lipinski definition) is 12. The minimum Gasteiger partial charge on any atom is -0.391 e. The highest BCUT2D eigenvalue weighted by Gasteiger charge is 2.20. The lowest BCUT2D eigenvalue weighted by molar-refractivity contribution is -0.139. The SMILES string of the molecule is C.CC(=O)[C@H](O)C(C)C.CC(C)C(=O)NCC(O)O.CCC(O)CNC(=O)[C@H](O)C(C)C.CC[C@H](O)CNC(=O)C(=O)C(C)C.CC[C@H](O)CNC(=O)C(O)C(C)C. The van der Waals surface area contributed by atoms with Gasteiger partial charge in [-0.15, -0.1) is 0 Å². The van der Waals surface area contributed by atoms with Gasteiger partial charge in [0.1, 0.15) is 18.3 Å². The topological polar surface area (TPSA) is 312 Å². The molecule has 0 fully saturated rings. The zero-order chi connectivity index (χ0) is 46.2. The van der Waals surface area contributed by atoms with Gasteiger partial charge in [-0.25, -0.2) is 0 Å². The molecule has 4 amide bonds. The van der Waals surface area contributed by atoms with E-state index in [-0.39, 0.29) is 74.9 Å². The fourth-order valence-corrected chi connectivity index (χ4v) is 3.11. The second-order valence-electron chi connectivity index (χ2n) is 15.0. The first-order valence-electron chi connectivity index (χ1n) is 19.7. The van der Waals surface area contributed by atoms with E-state index in [0.717, 1.165) is 0 Å². The molecule has 0 radical (unpaired) electrons. The summed E-state index contributed by atoms with van der Waals surface area (Å²) in [4.78, 5) is 65.4. The number of aliphatic hydroxyl groups excluding tert-OH is 7. The van der Waals surface area contributed by atoms with Gasteiger partial charge in [0.15, 0.2) is 12.1 Å². The van der Waals surface area contributed by atoms with Crippen molar-refractivity contribution in [2.24, 2.45) is 29.6 Å². The molecule has 6 atom stereocenters. The Balaban J connectivity index is -0.000000147. The Morgan fingerprint density at radius 2 is 0.724 bits per heavy atom. The van der Waals surface area contributed by atoms with Gasteiger partial charge in [0.2, 0.25) is 23.5 Å². The molecule has 0 saturated heterocycles. The first kappa shape index (κ1) is 66.7. The lowest BCUT2D eigenvalue weighted by atomic mass is 10.1. The summed E-state index contributed by atoms with van der Waals surface area (Å²) in [7, 11) is 0. The molecule has 0 aromatic carbocycles. The molecular weight excluding hydrogens is 760 g/mol.